The second-order valence-electron chi connectivity index (χ2n) is 8.12. The Morgan fingerprint density at radius 2 is 1.76 bits per heavy atom. The van der Waals surface area contributed by atoms with Crippen molar-refractivity contribution < 1.29 is 13.9 Å². The van der Waals surface area contributed by atoms with Crippen molar-refractivity contribution in [3.8, 4) is 5.75 Å². The average Bonchev–Trinajstić information content (AvgIpc) is 2.85. The van der Waals surface area contributed by atoms with Crippen LogP contribution in [0.15, 0.2) is 88.1 Å². The number of benzene rings is 3. The number of anilines is 1. The molecule has 6 heteroatoms. The van der Waals surface area contributed by atoms with Crippen LogP contribution in [-0.2, 0) is 6.54 Å². The fraction of sp³-hybridized carbons (Fsp3) is 0.214. The SMILES string of the molecule is COc1c(C)cccc1C(=O)N(CCCNc1cc(=O)oc2ccccc12)Cc1ccccc1. The molecule has 1 N–H and O–H groups in total. The second kappa shape index (κ2) is 10.7. The van der Waals surface area contributed by atoms with E-state index >= 15 is 0 Å². The van der Waals surface area contributed by atoms with Crippen LogP contribution in [0.5, 0.6) is 5.75 Å². The van der Waals surface area contributed by atoms with E-state index in [9.17, 15) is 9.59 Å². The van der Waals surface area contributed by atoms with Crippen LogP contribution in [0.2, 0.25) is 0 Å². The third-order valence-corrected chi connectivity index (χ3v) is 5.72. The number of amides is 1. The molecule has 0 spiro atoms. The molecule has 0 saturated heterocycles. The first-order valence-electron chi connectivity index (χ1n) is 11.3. The third-order valence-electron chi connectivity index (χ3n) is 5.72. The number of hydrogen-bond donors (Lipinski definition) is 1. The van der Waals surface area contributed by atoms with E-state index in [2.05, 4.69) is 5.32 Å². The van der Waals surface area contributed by atoms with Gasteiger partial charge >= 0.3 is 5.63 Å². The van der Waals surface area contributed by atoms with Gasteiger partial charge in [0.2, 0.25) is 0 Å². The van der Waals surface area contributed by atoms with Crippen molar-refractivity contribution in [2.24, 2.45) is 0 Å². The number of methoxy groups -OCH3 is 1. The molecular weight excluding hydrogens is 428 g/mol. The van der Waals surface area contributed by atoms with E-state index < -0.39 is 5.63 Å². The lowest BCUT2D eigenvalue weighted by Gasteiger charge is -2.24. The molecule has 34 heavy (non-hydrogen) atoms. The van der Waals surface area contributed by atoms with Crippen LogP contribution in [-0.4, -0.2) is 31.0 Å². The zero-order valence-corrected chi connectivity index (χ0v) is 19.4. The zero-order chi connectivity index (χ0) is 23.9. The summed E-state index contributed by atoms with van der Waals surface area (Å²) in [4.78, 5) is 27.3. The lowest BCUT2D eigenvalue weighted by atomic mass is 10.1. The van der Waals surface area contributed by atoms with E-state index in [4.69, 9.17) is 9.15 Å². The number of para-hydroxylation sites is 2. The van der Waals surface area contributed by atoms with E-state index in [0.717, 1.165) is 22.2 Å². The number of hydrogen-bond acceptors (Lipinski definition) is 5. The summed E-state index contributed by atoms with van der Waals surface area (Å²) in [5, 5.41) is 4.19. The monoisotopic (exact) mass is 456 g/mol. The van der Waals surface area contributed by atoms with Gasteiger partial charge in [-0.1, -0.05) is 54.6 Å². The number of nitrogens with zero attached hydrogens (tertiary/aromatic N) is 1. The average molecular weight is 457 g/mol. The van der Waals surface area contributed by atoms with Crippen molar-refractivity contribution in [2.45, 2.75) is 19.9 Å². The van der Waals surface area contributed by atoms with Gasteiger partial charge in [-0.2, -0.15) is 0 Å². The van der Waals surface area contributed by atoms with E-state index in [0.29, 0.717) is 43.0 Å². The lowest BCUT2D eigenvalue weighted by Crippen LogP contribution is -2.32. The van der Waals surface area contributed by atoms with Gasteiger partial charge in [-0.15, -0.1) is 0 Å². The van der Waals surface area contributed by atoms with Crippen molar-refractivity contribution >= 4 is 22.6 Å². The highest BCUT2D eigenvalue weighted by Gasteiger charge is 2.21. The molecule has 1 amide bonds. The Morgan fingerprint density at radius 3 is 2.56 bits per heavy atom. The van der Waals surface area contributed by atoms with Crippen molar-refractivity contribution in [3.05, 3.63) is 106 Å². The van der Waals surface area contributed by atoms with Gasteiger partial charge < -0.3 is 19.4 Å². The van der Waals surface area contributed by atoms with Crippen LogP contribution in [0.1, 0.15) is 27.9 Å². The molecular formula is C28H28N2O4. The molecule has 0 bridgehead atoms. The van der Waals surface area contributed by atoms with Crippen LogP contribution < -0.4 is 15.7 Å². The number of aryl methyl sites for hydroxylation is 1. The highest BCUT2D eigenvalue weighted by atomic mass is 16.5. The molecule has 3 aromatic carbocycles. The number of ether oxygens (including phenoxy) is 1. The number of rotatable bonds is 9. The normalized spacial score (nSPS) is 10.8. The van der Waals surface area contributed by atoms with Crippen molar-refractivity contribution in [1.29, 1.82) is 0 Å². The van der Waals surface area contributed by atoms with Crippen LogP contribution in [0.4, 0.5) is 5.69 Å². The third kappa shape index (κ3) is 5.29. The molecule has 4 aromatic rings. The Morgan fingerprint density at radius 1 is 1.00 bits per heavy atom. The topological polar surface area (TPSA) is 71.8 Å². The predicted octanol–water partition coefficient (Wildman–Crippen LogP) is 5.25. The molecule has 0 radical (unpaired) electrons. The van der Waals surface area contributed by atoms with Gasteiger partial charge in [0.15, 0.2) is 0 Å². The summed E-state index contributed by atoms with van der Waals surface area (Å²) in [6, 6.07) is 24.4. The van der Waals surface area contributed by atoms with Gasteiger partial charge in [0.25, 0.3) is 5.91 Å². The van der Waals surface area contributed by atoms with Gasteiger partial charge in [-0.05, 0) is 42.7 Å². The highest BCUT2D eigenvalue weighted by Crippen LogP contribution is 2.25. The first kappa shape index (κ1) is 23.1. The Balaban J connectivity index is 1.50. The van der Waals surface area contributed by atoms with Crippen LogP contribution >= 0.6 is 0 Å². The maximum atomic E-state index is 13.5. The standard InChI is InChI=1S/C28H28N2O4/c1-20-10-8-14-23(27(20)33-2)28(32)30(19-21-11-4-3-5-12-21)17-9-16-29-24-18-26(31)34-25-15-7-6-13-22(24)25/h3-8,10-15,18,29H,9,16-17,19H2,1-2H3. The van der Waals surface area contributed by atoms with Crippen molar-refractivity contribution in [1.82, 2.24) is 4.90 Å². The number of carbonyl (C=O) groups excluding carboxylic acids is 1. The Labute approximate surface area is 198 Å². The minimum Gasteiger partial charge on any atom is -0.496 e. The summed E-state index contributed by atoms with van der Waals surface area (Å²) >= 11 is 0. The maximum absolute atomic E-state index is 13.5. The Kier molecular flexibility index (Phi) is 7.28. The van der Waals surface area contributed by atoms with Crippen LogP contribution in [0, 0.1) is 6.92 Å². The molecule has 0 aliphatic heterocycles. The molecule has 0 saturated carbocycles. The number of carbonyl (C=O) groups is 1. The molecule has 1 aromatic heterocycles. The first-order chi connectivity index (χ1) is 16.6. The summed E-state index contributed by atoms with van der Waals surface area (Å²) in [6.07, 6.45) is 0.696. The molecule has 4 rings (SSSR count). The van der Waals surface area contributed by atoms with E-state index in [1.54, 1.807) is 19.2 Å². The van der Waals surface area contributed by atoms with Crippen LogP contribution in [0.25, 0.3) is 11.0 Å². The summed E-state index contributed by atoms with van der Waals surface area (Å²) in [5.74, 6) is 0.529. The fourth-order valence-electron chi connectivity index (χ4n) is 4.07. The molecule has 1 heterocycles. The van der Waals surface area contributed by atoms with Gasteiger partial charge in [0.1, 0.15) is 11.3 Å². The molecule has 174 valence electrons. The van der Waals surface area contributed by atoms with E-state index in [1.165, 1.54) is 6.07 Å². The first-order valence-corrected chi connectivity index (χ1v) is 11.3. The van der Waals surface area contributed by atoms with E-state index in [1.807, 2.05) is 72.5 Å². The lowest BCUT2D eigenvalue weighted by molar-refractivity contribution is 0.0739. The molecule has 0 aliphatic rings. The highest BCUT2D eigenvalue weighted by molar-refractivity contribution is 5.97. The maximum Gasteiger partial charge on any atom is 0.338 e. The molecule has 6 nitrogen and oxygen atoms in total. The van der Waals surface area contributed by atoms with Crippen LogP contribution in [0.3, 0.4) is 0 Å². The second-order valence-corrected chi connectivity index (χ2v) is 8.12. The quantitative estimate of drug-likeness (QED) is 0.275. The Hall–Kier alpha value is -4.06. The summed E-state index contributed by atoms with van der Waals surface area (Å²) < 4.78 is 10.8. The fourth-order valence-corrected chi connectivity index (χ4v) is 4.07. The van der Waals surface area contributed by atoms with Gasteiger partial charge in [0, 0.05) is 31.1 Å². The largest absolute Gasteiger partial charge is 0.496 e. The zero-order valence-electron chi connectivity index (χ0n) is 19.4. The number of fused-ring (bicyclic) bond motifs is 1. The smallest absolute Gasteiger partial charge is 0.338 e. The molecule has 0 fully saturated rings. The molecule has 0 atom stereocenters. The number of nitrogens with one attached hydrogen (secondary N) is 1. The minimum atomic E-state index is -0.395. The van der Waals surface area contributed by atoms with Gasteiger partial charge in [0.05, 0.1) is 18.4 Å². The molecule has 0 unspecified atom stereocenters. The summed E-state index contributed by atoms with van der Waals surface area (Å²) in [7, 11) is 1.59. The predicted molar refractivity (Wildman–Crippen MR) is 135 cm³/mol. The van der Waals surface area contributed by atoms with Gasteiger partial charge in [-0.25, -0.2) is 4.79 Å². The minimum absolute atomic E-state index is 0.0739. The summed E-state index contributed by atoms with van der Waals surface area (Å²) in [6.45, 7) is 3.56. The van der Waals surface area contributed by atoms with Gasteiger partial charge in [-0.3, -0.25) is 4.79 Å². The summed E-state index contributed by atoms with van der Waals surface area (Å²) in [5.41, 5.74) is 3.41. The Bertz CT molecular complexity index is 1330. The van der Waals surface area contributed by atoms with Crippen molar-refractivity contribution in [3.63, 3.8) is 0 Å². The van der Waals surface area contributed by atoms with E-state index in [-0.39, 0.29) is 5.91 Å². The van der Waals surface area contributed by atoms with Crippen molar-refractivity contribution in [2.75, 3.05) is 25.5 Å². The molecule has 0 aliphatic carbocycles.